The molecule has 11 aromatic rings. The summed E-state index contributed by atoms with van der Waals surface area (Å²) in [6.45, 7) is 0. The van der Waals surface area contributed by atoms with Crippen LogP contribution in [0.3, 0.4) is 0 Å². The van der Waals surface area contributed by atoms with Crippen molar-refractivity contribution in [3.05, 3.63) is 247 Å². The van der Waals surface area contributed by atoms with E-state index in [1.54, 1.807) is 0 Å². The molecule has 0 aliphatic carbocycles. The van der Waals surface area contributed by atoms with Crippen molar-refractivity contribution in [3.8, 4) is 56.2 Å². The van der Waals surface area contributed by atoms with Crippen LogP contribution in [-0.4, -0.2) is 9.97 Å². The third-order valence-corrected chi connectivity index (χ3v) is 13.8. The van der Waals surface area contributed by atoms with Gasteiger partial charge in [-0.1, -0.05) is 200 Å². The van der Waals surface area contributed by atoms with Crippen LogP contribution in [0.1, 0.15) is 28.9 Å². The van der Waals surface area contributed by atoms with E-state index in [9.17, 15) is 0 Å². The first-order chi connectivity index (χ1) is 32.2. The van der Waals surface area contributed by atoms with Gasteiger partial charge in [0.2, 0.25) is 0 Å². The monoisotopic (exact) mass is 850 g/mol. The predicted molar refractivity (Wildman–Crippen MR) is 272 cm³/mol. The van der Waals surface area contributed by atoms with E-state index in [2.05, 4.69) is 235 Å². The minimum Gasteiger partial charge on any atom is -0.366 e. The lowest BCUT2D eigenvalue weighted by Gasteiger charge is -2.33. The van der Waals surface area contributed by atoms with Gasteiger partial charge in [0.15, 0.2) is 5.82 Å². The lowest BCUT2D eigenvalue weighted by molar-refractivity contribution is 0.443. The van der Waals surface area contributed by atoms with E-state index in [0.29, 0.717) is 5.82 Å². The highest BCUT2D eigenvalue weighted by Crippen LogP contribution is 2.43. The van der Waals surface area contributed by atoms with Crippen molar-refractivity contribution in [2.24, 2.45) is 0 Å². The minimum atomic E-state index is -0.0766. The van der Waals surface area contributed by atoms with Gasteiger partial charge in [-0.25, -0.2) is 9.97 Å². The second kappa shape index (κ2) is 16.6. The topological polar surface area (TPSA) is 49.8 Å². The molecule has 0 saturated carbocycles. The molecule has 0 amide bonds. The number of fused-ring (bicyclic) bond motifs is 4. The Kier molecular flexibility index (Phi) is 9.90. The standard InChI is InChI=1S/C60H42N4S/c1-4-16-42(17-5-1)53-37-54(43-18-6-2-7-19-43)62-59(61-53)45-31-27-39(28-32-45)47-35-51(58-52(36-47)50-24-12-13-26-57(50)65-58)41-29-33-46(34-30-41)60-63-55(44-20-8-3-9-21-44)38-56(64-60)49-25-14-22-40-15-10-11-23-48(40)49/h1-38,53,59,61-62H. The van der Waals surface area contributed by atoms with E-state index in [4.69, 9.17) is 9.97 Å². The van der Waals surface area contributed by atoms with E-state index < -0.39 is 0 Å². The third-order valence-electron chi connectivity index (χ3n) is 12.6. The number of thiophene rings is 1. The molecule has 4 nitrogen and oxygen atoms in total. The molecule has 2 atom stereocenters. The first-order valence-electron chi connectivity index (χ1n) is 22.1. The van der Waals surface area contributed by atoms with Crippen LogP contribution in [0, 0.1) is 0 Å². The van der Waals surface area contributed by atoms with Crippen molar-refractivity contribution in [2.45, 2.75) is 12.2 Å². The molecule has 0 bridgehead atoms. The molecule has 9 aromatic carbocycles. The molecule has 65 heavy (non-hydrogen) atoms. The van der Waals surface area contributed by atoms with Gasteiger partial charge in [0.1, 0.15) is 6.17 Å². The van der Waals surface area contributed by atoms with E-state index in [0.717, 1.165) is 39.3 Å². The molecule has 5 heteroatoms. The van der Waals surface area contributed by atoms with E-state index >= 15 is 0 Å². The highest BCUT2D eigenvalue weighted by atomic mass is 32.1. The van der Waals surface area contributed by atoms with E-state index in [-0.39, 0.29) is 12.2 Å². The number of nitrogens with one attached hydrogen (secondary N) is 2. The Morgan fingerprint density at radius 3 is 1.82 bits per heavy atom. The van der Waals surface area contributed by atoms with Crippen LogP contribution in [0.25, 0.3) is 92.8 Å². The molecule has 0 radical (unpaired) electrons. The zero-order valence-electron chi connectivity index (χ0n) is 35.4. The first-order valence-corrected chi connectivity index (χ1v) is 22.9. The Morgan fingerprint density at radius 2 is 1.03 bits per heavy atom. The second-order valence-corrected chi connectivity index (χ2v) is 17.7. The molecule has 308 valence electrons. The Bertz CT molecular complexity index is 3520. The van der Waals surface area contributed by atoms with Gasteiger partial charge in [-0.05, 0) is 74.5 Å². The molecule has 1 aliphatic rings. The Balaban J connectivity index is 0.915. The maximum Gasteiger partial charge on any atom is 0.160 e. The normalized spacial score (nSPS) is 14.9. The van der Waals surface area contributed by atoms with Gasteiger partial charge >= 0.3 is 0 Å². The summed E-state index contributed by atoms with van der Waals surface area (Å²) in [6, 6.07) is 80.2. The molecule has 3 heterocycles. The SMILES string of the molecule is C1=C(c2ccccc2)NC(c2ccc(-c3cc(-c4ccc(-c5nc(-c6ccccc6)cc(-c6cccc7ccccc67)n5)cc4)c4sc5ccccc5c4c3)cc2)NC1c1ccccc1. The predicted octanol–water partition coefficient (Wildman–Crippen LogP) is 15.3. The molecule has 0 fully saturated rings. The van der Waals surface area contributed by atoms with Crippen LogP contribution in [0.4, 0.5) is 0 Å². The molecule has 2 unspecified atom stereocenters. The van der Waals surface area contributed by atoms with E-state index in [1.807, 2.05) is 17.4 Å². The van der Waals surface area contributed by atoms with Gasteiger partial charge in [0.05, 0.1) is 17.4 Å². The van der Waals surface area contributed by atoms with Crippen LogP contribution in [0.2, 0.25) is 0 Å². The van der Waals surface area contributed by atoms with Crippen molar-refractivity contribution in [1.82, 2.24) is 20.6 Å². The number of rotatable bonds is 8. The molecular formula is C60H42N4S. The van der Waals surface area contributed by atoms with Crippen molar-refractivity contribution in [1.29, 1.82) is 0 Å². The van der Waals surface area contributed by atoms with Gasteiger partial charge in [-0.2, -0.15) is 0 Å². The summed E-state index contributed by atoms with van der Waals surface area (Å²) in [6.07, 6.45) is 2.22. The smallest absolute Gasteiger partial charge is 0.160 e. The van der Waals surface area contributed by atoms with Crippen LogP contribution < -0.4 is 10.6 Å². The van der Waals surface area contributed by atoms with Gasteiger partial charge < -0.3 is 5.32 Å². The third kappa shape index (κ3) is 7.47. The summed E-state index contributed by atoms with van der Waals surface area (Å²) in [4.78, 5) is 10.4. The Labute approximate surface area is 382 Å². The number of nitrogens with zero attached hydrogens (tertiary/aromatic N) is 2. The molecule has 2 N–H and O–H groups in total. The summed E-state index contributed by atoms with van der Waals surface area (Å²) in [5.41, 5.74) is 14.3. The van der Waals surface area contributed by atoms with Crippen molar-refractivity contribution in [3.63, 3.8) is 0 Å². The van der Waals surface area contributed by atoms with Crippen molar-refractivity contribution in [2.75, 3.05) is 0 Å². The van der Waals surface area contributed by atoms with Crippen LogP contribution in [-0.2, 0) is 0 Å². The maximum absolute atomic E-state index is 5.24. The van der Waals surface area contributed by atoms with Gasteiger partial charge in [-0.15, -0.1) is 11.3 Å². The van der Waals surface area contributed by atoms with Gasteiger partial charge in [0.25, 0.3) is 0 Å². The molecule has 2 aromatic heterocycles. The first kappa shape index (κ1) is 38.7. The number of aromatic nitrogens is 2. The molecular weight excluding hydrogens is 809 g/mol. The fourth-order valence-corrected chi connectivity index (χ4v) is 10.5. The highest BCUT2D eigenvalue weighted by Gasteiger charge is 2.24. The number of benzene rings is 9. The highest BCUT2D eigenvalue weighted by molar-refractivity contribution is 7.26. The lowest BCUT2D eigenvalue weighted by atomic mass is 9.94. The Morgan fingerprint density at radius 1 is 0.400 bits per heavy atom. The summed E-state index contributed by atoms with van der Waals surface area (Å²) in [7, 11) is 0. The zero-order chi connectivity index (χ0) is 43.1. The minimum absolute atomic E-state index is 0.0613. The van der Waals surface area contributed by atoms with E-state index in [1.165, 1.54) is 64.3 Å². The maximum atomic E-state index is 5.24. The summed E-state index contributed by atoms with van der Waals surface area (Å²) >= 11 is 1.86. The average molecular weight is 851 g/mol. The Hall–Kier alpha value is -7.96. The molecule has 0 saturated heterocycles. The van der Waals surface area contributed by atoms with Gasteiger partial charge in [0, 0.05) is 48.1 Å². The summed E-state index contributed by atoms with van der Waals surface area (Å²) < 4.78 is 2.56. The van der Waals surface area contributed by atoms with Crippen LogP contribution in [0.15, 0.2) is 231 Å². The molecule has 0 spiro atoms. The van der Waals surface area contributed by atoms with Crippen molar-refractivity contribution < 1.29 is 0 Å². The molecule has 1 aliphatic heterocycles. The number of hydrogen-bond donors (Lipinski definition) is 2. The number of hydrogen-bond acceptors (Lipinski definition) is 5. The second-order valence-electron chi connectivity index (χ2n) is 16.6. The summed E-state index contributed by atoms with van der Waals surface area (Å²) in [5, 5.41) is 12.6. The van der Waals surface area contributed by atoms with Crippen LogP contribution >= 0.6 is 11.3 Å². The van der Waals surface area contributed by atoms with Crippen molar-refractivity contribution >= 4 is 48.0 Å². The lowest BCUT2D eigenvalue weighted by Crippen LogP contribution is -2.39. The van der Waals surface area contributed by atoms with Gasteiger partial charge in [-0.3, -0.25) is 5.32 Å². The molecule has 12 rings (SSSR count). The quantitative estimate of drug-likeness (QED) is 0.160. The fraction of sp³-hybridized carbons (Fsp3) is 0.0333. The summed E-state index contributed by atoms with van der Waals surface area (Å²) in [5.74, 6) is 0.699. The average Bonchev–Trinajstić information content (AvgIpc) is 3.77. The van der Waals surface area contributed by atoms with Crippen LogP contribution in [0.5, 0.6) is 0 Å². The zero-order valence-corrected chi connectivity index (χ0v) is 36.2. The largest absolute Gasteiger partial charge is 0.366 e. The fourth-order valence-electron chi connectivity index (χ4n) is 9.26.